The van der Waals surface area contributed by atoms with Gasteiger partial charge in [0.2, 0.25) is 0 Å². The van der Waals surface area contributed by atoms with Crippen LogP contribution in [0.15, 0.2) is 23.8 Å². The van der Waals surface area contributed by atoms with Crippen LogP contribution in [0, 0.1) is 29.1 Å². The summed E-state index contributed by atoms with van der Waals surface area (Å²) in [5.41, 5.74) is 3.98. The minimum absolute atomic E-state index is 0.0502. The molecule has 1 heteroatoms. The number of rotatable bonds is 1. The van der Waals surface area contributed by atoms with Crippen LogP contribution < -0.4 is 0 Å². The van der Waals surface area contributed by atoms with Crippen molar-refractivity contribution >= 4 is 0 Å². The van der Waals surface area contributed by atoms with Gasteiger partial charge in [0, 0.05) is 0 Å². The van der Waals surface area contributed by atoms with Gasteiger partial charge in [-0.3, -0.25) is 0 Å². The predicted molar refractivity (Wildman–Crippen MR) is 86.8 cm³/mol. The number of aliphatic hydroxyl groups excluding tert-OH is 1. The first kappa shape index (κ1) is 14.1. The second kappa shape index (κ2) is 4.98. The summed E-state index contributed by atoms with van der Waals surface area (Å²) < 4.78 is 0. The maximum atomic E-state index is 9.96. The van der Waals surface area contributed by atoms with Gasteiger partial charge in [-0.05, 0) is 86.9 Å². The molecular formula is C20H30O. The summed E-state index contributed by atoms with van der Waals surface area (Å²) in [5.74, 6) is 3.48. The topological polar surface area (TPSA) is 20.2 Å². The Kier molecular flexibility index (Phi) is 3.33. The average molecular weight is 286 g/mol. The van der Waals surface area contributed by atoms with Crippen molar-refractivity contribution < 1.29 is 5.11 Å². The molecule has 0 radical (unpaired) electrons. The number of hydrogen-bond acceptors (Lipinski definition) is 1. The van der Waals surface area contributed by atoms with E-state index in [1.807, 2.05) is 0 Å². The standard InChI is InChI=1S/C20H30O/c1-3-14-5-9-19-18-7-4-13-12-15(21)6-8-16(13)17(18)10-11-20(14,19)2/h3,14-15,17-19,21H,1,4-12H2,2H3/t14-,15?,17?,18?,19?,20?/m0/s1. The van der Waals surface area contributed by atoms with Crippen molar-refractivity contribution in [3.05, 3.63) is 23.8 Å². The number of hydrogen-bond donors (Lipinski definition) is 1. The molecule has 0 saturated heterocycles. The van der Waals surface area contributed by atoms with Gasteiger partial charge in [0.05, 0.1) is 6.10 Å². The lowest BCUT2D eigenvalue weighted by Crippen LogP contribution is -2.43. The van der Waals surface area contributed by atoms with Crippen LogP contribution in [-0.2, 0) is 0 Å². The van der Waals surface area contributed by atoms with Gasteiger partial charge in [-0.1, -0.05) is 24.1 Å². The lowest BCUT2D eigenvalue weighted by atomic mass is 9.53. The molecule has 2 fully saturated rings. The van der Waals surface area contributed by atoms with Crippen LogP contribution >= 0.6 is 0 Å². The molecule has 0 aromatic rings. The molecule has 0 spiro atoms. The molecule has 0 aromatic carbocycles. The van der Waals surface area contributed by atoms with Crippen molar-refractivity contribution in [3.8, 4) is 0 Å². The van der Waals surface area contributed by atoms with E-state index in [1.165, 1.54) is 44.9 Å². The van der Waals surface area contributed by atoms with Gasteiger partial charge in [0.25, 0.3) is 0 Å². The first-order valence-corrected chi connectivity index (χ1v) is 9.15. The minimum Gasteiger partial charge on any atom is -0.393 e. The molecule has 1 N–H and O–H groups in total. The average Bonchev–Trinajstić information content (AvgIpc) is 2.83. The minimum atomic E-state index is -0.0502. The molecule has 0 amide bonds. The third kappa shape index (κ3) is 2.00. The van der Waals surface area contributed by atoms with Crippen LogP contribution in [0.3, 0.4) is 0 Å². The Bertz CT molecular complexity index is 476. The lowest BCUT2D eigenvalue weighted by molar-refractivity contribution is 0.0212. The largest absolute Gasteiger partial charge is 0.393 e. The van der Waals surface area contributed by atoms with Crippen molar-refractivity contribution in [2.75, 3.05) is 0 Å². The molecule has 4 aliphatic carbocycles. The molecule has 6 atom stereocenters. The van der Waals surface area contributed by atoms with E-state index in [0.29, 0.717) is 5.41 Å². The van der Waals surface area contributed by atoms with Crippen molar-refractivity contribution in [1.82, 2.24) is 0 Å². The van der Waals surface area contributed by atoms with Gasteiger partial charge >= 0.3 is 0 Å². The smallest absolute Gasteiger partial charge is 0.0580 e. The van der Waals surface area contributed by atoms with Gasteiger partial charge in [-0.25, -0.2) is 0 Å². The van der Waals surface area contributed by atoms with E-state index >= 15 is 0 Å². The second-order valence-electron chi connectivity index (χ2n) is 8.40. The fraction of sp³-hybridized carbons (Fsp3) is 0.800. The summed E-state index contributed by atoms with van der Waals surface area (Å²) in [4.78, 5) is 0. The molecule has 1 nitrogen and oxygen atoms in total. The van der Waals surface area contributed by atoms with E-state index in [9.17, 15) is 5.11 Å². The van der Waals surface area contributed by atoms with Crippen molar-refractivity contribution in [2.24, 2.45) is 29.1 Å². The Labute approximate surface area is 129 Å². The first-order chi connectivity index (χ1) is 10.1. The van der Waals surface area contributed by atoms with Crippen LogP contribution in [0.2, 0.25) is 0 Å². The van der Waals surface area contributed by atoms with Crippen molar-refractivity contribution in [2.45, 2.75) is 70.8 Å². The number of allylic oxidation sites excluding steroid dienone is 2. The van der Waals surface area contributed by atoms with E-state index in [0.717, 1.165) is 36.5 Å². The van der Waals surface area contributed by atoms with Crippen LogP contribution in [0.25, 0.3) is 0 Å². The van der Waals surface area contributed by atoms with Crippen molar-refractivity contribution in [3.63, 3.8) is 0 Å². The zero-order chi connectivity index (χ0) is 14.6. The molecule has 2 saturated carbocycles. The molecule has 0 heterocycles. The fourth-order valence-electron chi connectivity index (χ4n) is 6.62. The summed E-state index contributed by atoms with van der Waals surface area (Å²) in [5, 5.41) is 9.96. The third-order valence-corrected chi connectivity index (χ3v) is 7.71. The Morgan fingerprint density at radius 2 is 2.00 bits per heavy atom. The SMILES string of the molecule is C=C[C@H]1CCC2C3CCC4=C(CCC(O)C4)C3CCC21C. The zero-order valence-corrected chi connectivity index (χ0v) is 13.5. The fourth-order valence-corrected chi connectivity index (χ4v) is 6.62. The summed E-state index contributed by atoms with van der Waals surface area (Å²) in [7, 11) is 0. The van der Waals surface area contributed by atoms with Gasteiger partial charge in [-0.15, -0.1) is 6.58 Å². The monoisotopic (exact) mass is 286 g/mol. The summed E-state index contributed by atoms with van der Waals surface area (Å²) in [6.07, 6.45) is 13.7. The van der Waals surface area contributed by atoms with Gasteiger partial charge in [0.1, 0.15) is 0 Å². The Morgan fingerprint density at radius 3 is 2.81 bits per heavy atom. The molecule has 116 valence electrons. The van der Waals surface area contributed by atoms with Crippen LogP contribution in [-0.4, -0.2) is 11.2 Å². The van der Waals surface area contributed by atoms with Gasteiger partial charge in [0.15, 0.2) is 0 Å². The summed E-state index contributed by atoms with van der Waals surface area (Å²) in [6, 6.07) is 0. The second-order valence-corrected chi connectivity index (χ2v) is 8.40. The van der Waals surface area contributed by atoms with E-state index in [2.05, 4.69) is 19.6 Å². The maximum Gasteiger partial charge on any atom is 0.0580 e. The molecule has 0 aliphatic heterocycles. The van der Waals surface area contributed by atoms with E-state index in [4.69, 9.17) is 0 Å². The van der Waals surface area contributed by atoms with E-state index in [-0.39, 0.29) is 6.10 Å². The molecule has 5 unspecified atom stereocenters. The highest BCUT2D eigenvalue weighted by Crippen LogP contribution is 2.63. The number of aliphatic hydroxyl groups is 1. The lowest BCUT2D eigenvalue weighted by Gasteiger charge is -2.52. The molecule has 0 aromatic heterocycles. The van der Waals surface area contributed by atoms with E-state index < -0.39 is 0 Å². The molecule has 4 aliphatic rings. The normalized spacial score (nSPS) is 49.3. The maximum absolute atomic E-state index is 9.96. The Balaban J connectivity index is 1.63. The highest BCUT2D eigenvalue weighted by Gasteiger charge is 2.54. The highest BCUT2D eigenvalue weighted by atomic mass is 16.3. The Hall–Kier alpha value is -0.560. The van der Waals surface area contributed by atoms with E-state index in [1.54, 1.807) is 11.1 Å². The van der Waals surface area contributed by atoms with Crippen molar-refractivity contribution in [1.29, 1.82) is 0 Å². The Morgan fingerprint density at radius 1 is 1.14 bits per heavy atom. The molecule has 4 rings (SSSR count). The molecule has 21 heavy (non-hydrogen) atoms. The van der Waals surface area contributed by atoms with Gasteiger partial charge in [-0.2, -0.15) is 0 Å². The third-order valence-electron chi connectivity index (χ3n) is 7.71. The quantitative estimate of drug-likeness (QED) is 0.682. The van der Waals surface area contributed by atoms with Gasteiger partial charge < -0.3 is 5.11 Å². The zero-order valence-electron chi connectivity index (χ0n) is 13.5. The number of fused-ring (bicyclic) bond motifs is 4. The molecular weight excluding hydrogens is 256 g/mol. The first-order valence-electron chi connectivity index (χ1n) is 9.15. The van der Waals surface area contributed by atoms with Crippen LogP contribution in [0.5, 0.6) is 0 Å². The van der Waals surface area contributed by atoms with Crippen LogP contribution in [0.1, 0.15) is 64.7 Å². The summed E-state index contributed by atoms with van der Waals surface area (Å²) >= 11 is 0. The van der Waals surface area contributed by atoms with Crippen LogP contribution in [0.4, 0.5) is 0 Å². The predicted octanol–water partition coefficient (Wildman–Crippen LogP) is 4.87. The highest BCUT2D eigenvalue weighted by molar-refractivity contribution is 5.27. The molecule has 0 bridgehead atoms. The summed E-state index contributed by atoms with van der Waals surface area (Å²) in [6.45, 7) is 6.68.